The number of anilines is 1. The van der Waals surface area contributed by atoms with Gasteiger partial charge in [0.1, 0.15) is 0 Å². The average Bonchev–Trinajstić information content (AvgIpc) is 2.70. The molecular formula is C21H23N3OS. The summed E-state index contributed by atoms with van der Waals surface area (Å²) in [5.41, 5.74) is 2.15. The molecule has 0 fully saturated rings. The third-order valence-corrected chi connectivity index (χ3v) is 5.23. The van der Waals surface area contributed by atoms with E-state index in [0.717, 1.165) is 28.8 Å². The molecular weight excluding hydrogens is 342 g/mol. The Labute approximate surface area is 158 Å². The maximum Gasteiger partial charge on any atom is 0.230 e. The topological polar surface area (TPSA) is 45.2 Å². The number of nitrogens with one attached hydrogen (secondary N) is 1. The number of aromatic nitrogens is 1. The van der Waals surface area contributed by atoms with Crippen molar-refractivity contribution in [2.24, 2.45) is 0 Å². The minimum atomic E-state index is 0.0678. The molecule has 0 spiro atoms. The maximum atomic E-state index is 12.1. The van der Waals surface area contributed by atoms with Crippen LogP contribution in [0.2, 0.25) is 0 Å². The summed E-state index contributed by atoms with van der Waals surface area (Å²) in [7, 11) is 2.07. The first-order valence-corrected chi connectivity index (χ1v) is 9.72. The highest BCUT2D eigenvalue weighted by Crippen LogP contribution is 2.26. The van der Waals surface area contributed by atoms with Crippen molar-refractivity contribution in [3.05, 3.63) is 66.9 Å². The van der Waals surface area contributed by atoms with Crippen molar-refractivity contribution in [3.8, 4) is 0 Å². The summed E-state index contributed by atoms with van der Waals surface area (Å²) >= 11 is 1.56. The molecule has 0 radical (unpaired) electrons. The smallest absolute Gasteiger partial charge is 0.230 e. The van der Waals surface area contributed by atoms with Crippen LogP contribution < -0.4 is 10.2 Å². The lowest BCUT2D eigenvalue weighted by atomic mass is 10.2. The highest BCUT2D eigenvalue weighted by molar-refractivity contribution is 8.00. The first-order chi connectivity index (χ1) is 12.7. The zero-order chi connectivity index (χ0) is 18.2. The molecule has 0 aliphatic carbocycles. The van der Waals surface area contributed by atoms with Gasteiger partial charge in [-0.1, -0.05) is 36.4 Å². The molecule has 0 saturated heterocycles. The summed E-state index contributed by atoms with van der Waals surface area (Å²) in [5, 5.41) is 4.10. The molecule has 3 rings (SSSR count). The van der Waals surface area contributed by atoms with E-state index in [-0.39, 0.29) is 5.91 Å². The van der Waals surface area contributed by atoms with E-state index in [4.69, 9.17) is 0 Å². The number of fused-ring (bicyclic) bond motifs is 1. The lowest BCUT2D eigenvalue weighted by Crippen LogP contribution is -2.29. The minimum absolute atomic E-state index is 0.0678. The Kier molecular flexibility index (Phi) is 6.50. The molecule has 26 heavy (non-hydrogen) atoms. The number of carbonyl (C=O) groups excluding carboxylic acids is 1. The van der Waals surface area contributed by atoms with Gasteiger partial charge >= 0.3 is 0 Å². The van der Waals surface area contributed by atoms with Crippen LogP contribution in [0.1, 0.15) is 6.42 Å². The summed E-state index contributed by atoms with van der Waals surface area (Å²) in [6.07, 6.45) is 2.71. The van der Waals surface area contributed by atoms with Gasteiger partial charge in [-0.3, -0.25) is 9.78 Å². The summed E-state index contributed by atoms with van der Waals surface area (Å²) in [6.45, 7) is 1.60. The number of nitrogens with zero attached hydrogens (tertiary/aromatic N) is 2. The second kappa shape index (κ2) is 9.25. The second-order valence-electron chi connectivity index (χ2n) is 6.08. The highest BCUT2D eigenvalue weighted by Gasteiger charge is 2.06. The molecule has 0 bridgehead atoms. The van der Waals surface area contributed by atoms with E-state index in [1.54, 1.807) is 18.0 Å². The maximum absolute atomic E-state index is 12.1. The van der Waals surface area contributed by atoms with E-state index >= 15 is 0 Å². The normalized spacial score (nSPS) is 10.7. The van der Waals surface area contributed by atoms with E-state index in [2.05, 4.69) is 34.4 Å². The lowest BCUT2D eigenvalue weighted by Gasteiger charge is -2.19. The van der Waals surface area contributed by atoms with Crippen LogP contribution in [0.15, 0.2) is 71.8 Å². The molecule has 0 atom stereocenters. The van der Waals surface area contributed by atoms with Crippen LogP contribution in [-0.4, -0.2) is 36.8 Å². The van der Waals surface area contributed by atoms with E-state index in [0.29, 0.717) is 12.3 Å². The zero-order valence-corrected chi connectivity index (χ0v) is 15.7. The van der Waals surface area contributed by atoms with E-state index in [1.807, 2.05) is 48.5 Å². The van der Waals surface area contributed by atoms with Crippen LogP contribution >= 0.6 is 11.8 Å². The van der Waals surface area contributed by atoms with Crippen LogP contribution in [0.5, 0.6) is 0 Å². The number of para-hydroxylation sites is 2. The second-order valence-corrected chi connectivity index (χ2v) is 7.09. The molecule has 1 amide bonds. The molecule has 0 saturated carbocycles. The van der Waals surface area contributed by atoms with Crippen LogP contribution in [0, 0.1) is 0 Å². The molecule has 1 heterocycles. The van der Waals surface area contributed by atoms with Gasteiger partial charge in [-0.15, -0.1) is 11.8 Å². The molecule has 0 unspecified atom stereocenters. The molecule has 2 aromatic carbocycles. The predicted molar refractivity (Wildman–Crippen MR) is 110 cm³/mol. The molecule has 5 heteroatoms. The van der Waals surface area contributed by atoms with Gasteiger partial charge in [-0.25, -0.2) is 0 Å². The van der Waals surface area contributed by atoms with Crippen molar-refractivity contribution >= 4 is 34.3 Å². The largest absolute Gasteiger partial charge is 0.375 e. The third kappa shape index (κ3) is 4.99. The van der Waals surface area contributed by atoms with Crippen LogP contribution in [0.3, 0.4) is 0 Å². The Morgan fingerprint density at radius 2 is 1.85 bits per heavy atom. The molecule has 4 nitrogen and oxygen atoms in total. The Bertz CT molecular complexity index is 849. The SMILES string of the molecule is CN(CCCNC(=O)CSc1ccnc2ccccc12)c1ccccc1. The summed E-state index contributed by atoms with van der Waals surface area (Å²) in [5.74, 6) is 0.487. The quantitative estimate of drug-likeness (QED) is 0.485. The fourth-order valence-corrected chi connectivity index (χ4v) is 3.62. The van der Waals surface area contributed by atoms with Crippen molar-refractivity contribution in [1.82, 2.24) is 10.3 Å². The van der Waals surface area contributed by atoms with Gasteiger partial charge in [-0.2, -0.15) is 0 Å². The van der Waals surface area contributed by atoms with Crippen molar-refractivity contribution in [2.75, 3.05) is 30.8 Å². The first-order valence-electron chi connectivity index (χ1n) is 8.73. The van der Waals surface area contributed by atoms with Gasteiger partial charge in [-0.05, 0) is 30.7 Å². The lowest BCUT2D eigenvalue weighted by molar-refractivity contribution is -0.118. The average molecular weight is 366 g/mol. The van der Waals surface area contributed by atoms with Gasteiger partial charge in [0.05, 0.1) is 11.3 Å². The van der Waals surface area contributed by atoms with Gasteiger partial charge in [0, 0.05) is 42.3 Å². The van der Waals surface area contributed by atoms with Crippen molar-refractivity contribution in [1.29, 1.82) is 0 Å². The Morgan fingerprint density at radius 3 is 2.69 bits per heavy atom. The van der Waals surface area contributed by atoms with E-state index in [1.165, 1.54) is 5.69 Å². The van der Waals surface area contributed by atoms with E-state index in [9.17, 15) is 4.79 Å². The molecule has 0 aliphatic heterocycles. The fraction of sp³-hybridized carbons (Fsp3) is 0.238. The number of amides is 1. The summed E-state index contributed by atoms with van der Waals surface area (Å²) in [6, 6.07) is 20.2. The molecule has 0 aliphatic rings. The number of carbonyl (C=O) groups is 1. The first kappa shape index (κ1) is 18.3. The number of thioether (sulfide) groups is 1. The molecule has 1 N–H and O–H groups in total. The summed E-state index contributed by atoms with van der Waals surface area (Å²) in [4.78, 5) is 19.7. The Balaban J connectivity index is 1.40. The minimum Gasteiger partial charge on any atom is -0.375 e. The van der Waals surface area contributed by atoms with Crippen molar-refractivity contribution in [2.45, 2.75) is 11.3 Å². The monoisotopic (exact) mass is 365 g/mol. The number of benzene rings is 2. The zero-order valence-electron chi connectivity index (χ0n) is 14.9. The van der Waals surface area contributed by atoms with Gasteiger partial charge in [0.25, 0.3) is 0 Å². The number of hydrogen-bond acceptors (Lipinski definition) is 4. The molecule has 1 aromatic heterocycles. The number of hydrogen-bond donors (Lipinski definition) is 1. The Morgan fingerprint density at radius 1 is 1.08 bits per heavy atom. The van der Waals surface area contributed by atoms with Gasteiger partial charge < -0.3 is 10.2 Å². The Hall–Kier alpha value is -2.53. The van der Waals surface area contributed by atoms with Crippen molar-refractivity contribution < 1.29 is 4.79 Å². The molecule has 134 valence electrons. The van der Waals surface area contributed by atoms with E-state index < -0.39 is 0 Å². The van der Waals surface area contributed by atoms with Crippen LogP contribution in [-0.2, 0) is 4.79 Å². The number of rotatable bonds is 8. The highest BCUT2D eigenvalue weighted by atomic mass is 32.2. The number of pyridine rings is 1. The summed E-state index contributed by atoms with van der Waals surface area (Å²) < 4.78 is 0. The van der Waals surface area contributed by atoms with Crippen LogP contribution in [0.25, 0.3) is 10.9 Å². The van der Waals surface area contributed by atoms with Crippen LogP contribution in [0.4, 0.5) is 5.69 Å². The fourth-order valence-electron chi connectivity index (χ4n) is 2.75. The molecule has 3 aromatic rings. The van der Waals surface area contributed by atoms with Gasteiger partial charge in [0.2, 0.25) is 5.91 Å². The van der Waals surface area contributed by atoms with Gasteiger partial charge in [0.15, 0.2) is 0 Å². The third-order valence-electron chi connectivity index (χ3n) is 4.16. The van der Waals surface area contributed by atoms with Crippen molar-refractivity contribution in [3.63, 3.8) is 0 Å². The standard InChI is InChI=1S/C21H23N3OS/c1-24(17-8-3-2-4-9-17)15-7-13-23-21(25)16-26-20-12-14-22-19-11-6-5-10-18(19)20/h2-6,8-12,14H,7,13,15-16H2,1H3,(H,23,25). The predicted octanol–water partition coefficient (Wildman–Crippen LogP) is 3.97.